The van der Waals surface area contributed by atoms with Gasteiger partial charge in [0.2, 0.25) is 0 Å². The van der Waals surface area contributed by atoms with E-state index in [1.165, 1.54) is 38.5 Å². The lowest BCUT2D eigenvalue weighted by molar-refractivity contribution is 0.0737. The van der Waals surface area contributed by atoms with Crippen LogP contribution in [0.4, 0.5) is 17.6 Å². The molecule has 1 heterocycles. The quantitative estimate of drug-likeness (QED) is 0.456. The zero-order valence-corrected chi connectivity index (χ0v) is 18.1. The first kappa shape index (κ1) is 22.7. The van der Waals surface area contributed by atoms with E-state index in [-0.39, 0.29) is 0 Å². The first-order valence-corrected chi connectivity index (χ1v) is 10.4. The van der Waals surface area contributed by atoms with Gasteiger partial charge in [0.1, 0.15) is 39.2 Å². The molecule has 0 fully saturated rings. The Balaban J connectivity index is 1.84. The van der Waals surface area contributed by atoms with Crippen LogP contribution in [0.3, 0.4) is 0 Å². The van der Waals surface area contributed by atoms with Crippen LogP contribution in [0.2, 0.25) is 0 Å². The smallest absolute Gasteiger partial charge is 0.281 e. The van der Waals surface area contributed by atoms with E-state index in [1.807, 2.05) is 0 Å². The molecular weight excluding hydrogens is 460 g/mol. The van der Waals surface area contributed by atoms with Crippen molar-refractivity contribution in [1.82, 2.24) is 5.01 Å². The van der Waals surface area contributed by atoms with Crippen molar-refractivity contribution in [1.29, 1.82) is 0 Å². The fraction of sp³-hybridized carbons (Fsp3) is 0.130. The first-order chi connectivity index (χ1) is 15.8. The second-order valence-electron chi connectivity index (χ2n) is 6.86. The van der Waals surface area contributed by atoms with Gasteiger partial charge in [-0.3, -0.25) is 4.79 Å². The van der Waals surface area contributed by atoms with Crippen LogP contribution < -0.4 is 9.47 Å². The fourth-order valence-corrected chi connectivity index (χ4v) is 4.54. The number of hydrogen-bond donors (Lipinski definition) is 0. The molecular formula is C23H16F4N2O3S. The van der Waals surface area contributed by atoms with Gasteiger partial charge in [-0.15, -0.1) is 0 Å². The van der Waals surface area contributed by atoms with Gasteiger partial charge in [-0.1, -0.05) is 23.9 Å². The van der Waals surface area contributed by atoms with Crippen molar-refractivity contribution in [2.75, 3.05) is 14.2 Å². The van der Waals surface area contributed by atoms with E-state index in [2.05, 4.69) is 5.10 Å². The summed E-state index contributed by atoms with van der Waals surface area (Å²) in [6.07, 6.45) is 0. The van der Waals surface area contributed by atoms with Gasteiger partial charge >= 0.3 is 0 Å². The first-order valence-electron chi connectivity index (χ1n) is 9.54. The van der Waals surface area contributed by atoms with Gasteiger partial charge < -0.3 is 9.47 Å². The number of hydrazone groups is 1. The summed E-state index contributed by atoms with van der Waals surface area (Å²) < 4.78 is 66.4. The van der Waals surface area contributed by atoms with Gasteiger partial charge in [-0.25, -0.2) is 22.6 Å². The van der Waals surface area contributed by atoms with Crippen LogP contribution >= 0.6 is 11.8 Å². The summed E-state index contributed by atoms with van der Waals surface area (Å²) in [7, 11) is 2.85. The molecule has 0 bridgehead atoms. The van der Waals surface area contributed by atoms with E-state index in [9.17, 15) is 22.4 Å². The summed E-state index contributed by atoms with van der Waals surface area (Å²) >= 11 is 1.10. The Morgan fingerprint density at radius 1 is 0.939 bits per heavy atom. The Morgan fingerprint density at radius 2 is 1.61 bits per heavy atom. The van der Waals surface area contributed by atoms with Crippen molar-refractivity contribution in [2.45, 2.75) is 5.37 Å². The molecule has 10 heteroatoms. The average Bonchev–Trinajstić information content (AvgIpc) is 3.23. The molecule has 1 atom stereocenters. The Morgan fingerprint density at radius 3 is 2.21 bits per heavy atom. The maximum absolute atomic E-state index is 14.4. The van der Waals surface area contributed by atoms with Gasteiger partial charge in [0, 0.05) is 23.3 Å². The van der Waals surface area contributed by atoms with Crippen LogP contribution in [0.15, 0.2) is 59.7 Å². The number of carbonyl (C=O) groups is 1. The molecule has 0 spiro atoms. The largest absolute Gasteiger partial charge is 0.493 e. The Hall–Kier alpha value is -3.53. The third-order valence-corrected chi connectivity index (χ3v) is 6.08. The predicted octanol–water partition coefficient (Wildman–Crippen LogP) is 5.51. The molecule has 0 aliphatic carbocycles. The van der Waals surface area contributed by atoms with E-state index in [0.29, 0.717) is 39.8 Å². The molecule has 0 unspecified atom stereocenters. The van der Waals surface area contributed by atoms with Gasteiger partial charge in [0.15, 0.2) is 11.5 Å². The minimum atomic E-state index is -1.36. The summed E-state index contributed by atoms with van der Waals surface area (Å²) in [5.41, 5.74) is -0.0180. The molecule has 3 aromatic rings. The molecule has 170 valence electrons. The third-order valence-electron chi connectivity index (χ3n) is 4.86. The molecule has 4 rings (SSSR count). The van der Waals surface area contributed by atoms with E-state index < -0.39 is 40.1 Å². The molecule has 0 aromatic heterocycles. The lowest BCUT2D eigenvalue weighted by Crippen LogP contribution is -2.28. The highest BCUT2D eigenvalue weighted by Gasteiger charge is 2.39. The monoisotopic (exact) mass is 476 g/mol. The molecule has 1 aliphatic rings. The molecule has 1 amide bonds. The highest BCUT2D eigenvalue weighted by molar-refractivity contribution is 8.14. The van der Waals surface area contributed by atoms with Crippen LogP contribution in [-0.4, -0.2) is 30.2 Å². The molecule has 0 radical (unpaired) electrons. The molecule has 0 N–H and O–H groups in total. The van der Waals surface area contributed by atoms with Crippen molar-refractivity contribution < 1.29 is 31.8 Å². The third kappa shape index (κ3) is 4.25. The van der Waals surface area contributed by atoms with Crippen molar-refractivity contribution in [3.8, 4) is 11.5 Å². The summed E-state index contributed by atoms with van der Waals surface area (Å²) in [5.74, 6) is -4.78. The highest BCUT2D eigenvalue weighted by Crippen LogP contribution is 2.47. The number of ether oxygens (including phenoxy) is 2. The number of methoxy groups -OCH3 is 2. The summed E-state index contributed by atoms with van der Waals surface area (Å²) in [6, 6.07) is 11.2. The number of nitrogens with zero attached hydrogens (tertiary/aromatic N) is 2. The molecule has 0 saturated heterocycles. The van der Waals surface area contributed by atoms with E-state index in [4.69, 9.17) is 9.47 Å². The number of carbonyl (C=O) groups excluding carboxylic acids is 1. The molecule has 33 heavy (non-hydrogen) atoms. The summed E-state index contributed by atoms with van der Waals surface area (Å²) in [5, 5.41) is 4.56. The van der Waals surface area contributed by atoms with E-state index in [0.717, 1.165) is 16.8 Å². The maximum Gasteiger partial charge on any atom is 0.281 e. The van der Waals surface area contributed by atoms with Crippen molar-refractivity contribution >= 4 is 22.7 Å². The molecule has 1 aliphatic heterocycles. The van der Waals surface area contributed by atoms with Crippen molar-refractivity contribution in [3.63, 3.8) is 0 Å². The maximum atomic E-state index is 14.4. The van der Waals surface area contributed by atoms with Crippen molar-refractivity contribution in [2.24, 2.45) is 5.10 Å². The van der Waals surface area contributed by atoms with Gasteiger partial charge in [-0.2, -0.15) is 5.10 Å². The van der Waals surface area contributed by atoms with Crippen LogP contribution in [0.5, 0.6) is 11.5 Å². The lowest BCUT2D eigenvalue weighted by Gasteiger charge is -2.24. The van der Waals surface area contributed by atoms with E-state index in [1.54, 1.807) is 18.2 Å². The number of rotatable bonds is 5. The summed E-state index contributed by atoms with van der Waals surface area (Å²) in [6.45, 7) is 0. The fourth-order valence-electron chi connectivity index (χ4n) is 3.36. The minimum Gasteiger partial charge on any atom is -0.493 e. The summed E-state index contributed by atoms with van der Waals surface area (Å²) in [4.78, 5) is 13.2. The zero-order chi connectivity index (χ0) is 23.7. The van der Waals surface area contributed by atoms with Crippen molar-refractivity contribution in [3.05, 3.63) is 94.6 Å². The van der Waals surface area contributed by atoms with E-state index >= 15 is 0 Å². The molecule has 0 saturated carbocycles. The lowest BCUT2D eigenvalue weighted by atomic mass is 10.1. The molecule has 3 aromatic carbocycles. The number of hydrogen-bond acceptors (Lipinski definition) is 5. The Bertz CT molecular complexity index is 1230. The SMILES string of the molecule is COc1cccc([C@H]2SC(c3ccc(F)cc3)=NN2C(=O)c2c(F)cc(F)cc2F)c1OC. The minimum absolute atomic E-state index is 0.297. The second kappa shape index (κ2) is 9.14. The Kier molecular flexibility index (Phi) is 6.28. The van der Waals surface area contributed by atoms with Gasteiger partial charge in [0.25, 0.3) is 5.91 Å². The van der Waals surface area contributed by atoms with Crippen LogP contribution in [0, 0.1) is 23.3 Å². The number of halogens is 4. The van der Waals surface area contributed by atoms with Crippen LogP contribution in [-0.2, 0) is 0 Å². The number of para-hydroxylation sites is 1. The number of amides is 1. The standard InChI is InChI=1S/C23H16F4N2O3S/c1-31-18-5-3-4-15(20(18)32-2)23-29(22(30)19-16(26)10-14(25)11-17(19)27)28-21(33-23)12-6-8-13(24)9-7-12/h3-11,23H,1-2H3/t23-/m1/s1. The highest BCUT2D eigenvalue weighted by atomic mass is 32.2. The second-order valence-corrected chi connectivity index (χ2v) is 7.93. The van der Waals surface area contributed by atoms with Gasteiger partial charge in [-0.05, 0) is 30.3 Å². The van der Waals surface area contributed by atoms with Gasteiger partial charge in [0.05, 0.1) is 14.2 Å². The Labute approximate surface area is 190 Å². The van der Waals surface area contributed by atoms with Crippen LogP contribution in [0.25, 0.3) is 0 Å². The topological polar surface area (TPSA) is 51.1 Å². The molecule has 5 nitrogen and oxygen atoms in total. The zero-order valence-electron chi connectivity index (χ0n) is 17.3. The predicted molar refractivity (Wildman–Crippen MR) is 115 cm³/mol. The normalized spacial score (nSPS) is 15.4. The number of benzene rings is 3. The average molecular weight is 476 g/mol. The van der Waals surface area contributed by atoms with Crippen LogP contribution in [0.1, 0.15) is 26.9 Å². The number of thioether (sulfide) groups is 1.